The number of unbranched alkanes of at least 4 members (excludes halogenated alkanes) is 5. The quantitative estimate of drug-likeness (QED) is 0.493. The van der Waals surface area contributed by atoms with Crippen LogP contribution in [0.5, 0.6) is 0 Å². The van der Waals surface area contributed by atoms with Crippen molar-refractivity contribution in [1.82, 2.24) is 0 Å². The summed E-state index contributed by atoms with van der Waals surface area (Å²) < 4.78 is 6.07. The van der Waals surface area contributed by atoms with E-state index in [4.69, 9.17) is 9.73 Å². The van der Waals surface area contributed by atoms with Crippen LogP contribution in [0.2, 0.25) is 0 Å². The first-order chi connectivity index (χ1) is 13.3. The first-order valence-electron chi connectivity index (χ1n) is 10.2. The highest BCUT2D eigenvalue weighted by Crippen LogP contribution is 2.32. The second-order valence-electron chi connectivity index (χ2n) is 7.18. The molecule has 1 aliphatic heterocycles. The zero-order valence-corrected chi connectivity index (χ0v) is 16.1. The van der Waals surface area contributed by atoms with E-state index in [0.717, 1.165) is 24.0 Å². The smallest absolute Gasteiger partial charge is 0.217 e. The second-order valence-corrected chi connectivity index (χ2v) is 7.18. The van der Waals surface area contributed by atoms with E-state index in [1.165, 1.54) is 25.7 Å². The molecule has 2 atom stereocenters. The van der Waals surface area contributed by atoms with Gasteiger partial charge < -0.3 is 4.74 Å². The highest BCUT2D eigenvalue weighted by molar-refractivity contribution is 5.99. The Morgan fingerprint density at radius 2 is 1.52 bits per heavy atom. The van der Waals surface area contributed by atoms with E-state index in [-0.39, 0.29) is 11.8 Å². The predicted molar refractivity (Wildman–Crippen MR) is 110 cm³/mol. The van der Waals surface area contributed by atoms with Gasteiger partial charge in [0.05, 0.1) is 0 Å². The van der Waals surface area contributed by atoms with Crippen molar-refractivity contribution >= 4 is 11.7 Å². The molecule has 0 spiro atoms. The third kappa shape index (κ3) is 5.29. The summed E-state index contributed by atoms with van der Waals surface area (Å²) in [5, 5.41) is 0. The lowest BCUT2D eigenvalue weighted by atomic mass is 9.96. The van der Waals surface area contributed by atoms with Gasteiger partial charge in [-0.25, -0.2) is 4.99 Å². The van der Waals surface area contributed by atoms with Crippen LogP contribution in [0.4, 0.5) is 0 Å². The standard InChI is InChI=1S/C24H29NO2/c1-2-3-4-5-6-13-18-21(26)23-22(19-14-9-7-10-15-19)25-24(27-23)20-16-11-8-12-17-20/h7-12,14-17,22-23H,2-6,13,18H2,1H3. The summed E-state index contributed by atoms with van der Waals surface area (Å²) in [6.45, 7) is 2.22. The molecule has 142 valence electrons. The van der Waals surface area contributed by atoms with Crippen molar-refractivity contribution < 1.29 is 9.53 Å². The highest BCUT2D eigenvalue weighted by Gasteiger charge is 2.37. The van der Waals surface area contributed by atoms with Gasteiger partial charge in [-0.1, -0.05) is 87.6 Å². The molecule has 0 fully saturated rings. The Balaban J connectivity index is 1.67. The second kappa shape index (κ2) is 10.1. The van der Waals surface area contributed by atoms with E-state index >= 15 is 0 Å². The van der Waals surface area contributed by atoms with Gasteiger partial charge in [0.15, 0.2) is 11.9 Å². The molecule has 0 amide bonds. The largest absolute Gasteiger partial charge is 0.463 e. The first kappa shape index (κ1) is 19.3. The Hall–Kier alpha value is -2.42. The van der Waals surface area contributed by atoms with E-state index in [0.29, 0.717) is 12.3 Å². The molecule has 2 aromatic rings. The van der Waals surface area contributed by atoms with Crippen molar-refractivity contribution in [2.45, 2.75) is 64.0 Å². The molecule has 2 unspecified atom stereocenters. The number of hydrogen-bond donors (Lipinski definition) is 0. The minimum atomic E-state index is -0.516. The lowest BCUT2D eigenvalue weighted by Gasteiger charge is -2.17. The van der Waals surface area contributed by atoms with Crippen molar-refractivity contribution in [3.8, 4) is 0 Å². The number of Topliss-reactive ketones (excluding diaryl/α,β-unsaturated/α-hetero) is 1. The summed E-state index contributed by atoms with van der Waals surface area (Å²) in [6, 6.07) is 19.6. The number of rotatable bonds is 10. The van der Waals surface area contributed by atoms with Gasteiger partial charge in [-0.15, -0.1) is 0 Å². The summed E-state index contributed by atoms with van der Waals surface area (Å²) in [7, 11) is 0. The molecule has 2 aromatic carbocycles. The van der Waals surface area contributed by atoms with Gasteiger partial charge in [0.2, 0.25) is 5.90 Å². The van der Waals surface area contributed by atoms with E-state index in [1.807, 2.05) is 60.7 Å². The van der Waals surface area contributed by atoms with E-state index in [2.05, 4.69) is 6.92 Å². The molecule has 0 aliphatic carbocycles. The van der Waals surface area contributed by atoms with Crippen LogP contribution in [0.1, 0.15) is 69.0 Å². The lowest BCUT2D eigenvalue weighted by Crippen LogP contribution is -2.27. The summed E-state index contributed by atoms with van der Waals surface area (Å²) in [6.07, 6.45) is 7.10. The van der Waals surface area contributed by atoms with Gasteiger partial charge >= 0.3 is 0 Å². The molecular formula is C24H29NO2. The van der Waals surface area contributed by atoms with Crippen molar-refractivity contribution in [3.05, 3.63) is 71.8 Å². The fourth-order valence-electron chi connectivity index (χ4n) is 3.50. The van der Waals surface area contributed by atoms with Gasteiger partial charge in [-0.05, 0) is 24.1 Å². The number of nitrogens with zero attached hydrogens (tertiary/aromatic N) is 1. The van der Waals surface area contributed by atoms with Gasteiger partial charge in [-0.3, -0.25) is 4.79 Å². The van der Waals surface area contributed by atoms with Crippen LogP contribution in [0, 0.1) is 0 Å². The number of ketones is 1. The maximum atomic E-state index is 12.9. The average molecular weight is 364 g/mol. The molecule has 0 saturated carbocycles. The SMILES string of the molecule is CCCCCCCCC(=O)C1OC(c2ccccc2)=NC1c1ccccc1. The maximum Gasteiger partial charge on any atom is 0.217 e. The van der Waals surface area contributed by atoms with E-state index in [1.54, 1.807) is 0 Å². The van der Waals surface area contributed by atoms with Crippen molar-refractivity contribution in [2.24, 2.45) is 4.99 Å². The fourth-order valence-corrected chi connectivity index (χ4v) is 3.50. The number of benzene rings is 2. The van der Waals surface area contributed by atoms with Crippen LogP contribution in [0.3, 0.4) is 0 Å². The van der Waals surface area contributed by atoms with Crippen molar-refractivity contribution in [1.29, 1.82) is 0 Å². The Morgan fingerprint density at radius 3 is 2.22 bits per heavy atom. The molecule has 3 heteroatoms. The number of aliphatic imine (C=N–C) groups is 1. The third-order valence-corrected chi connectivity index (χ3v) is 5.04. The molecule has 27 heavy (non-hydrogen) atoms. The molecule has 1 heterocycles. The molecule has 0 saturated heterocycles. The first-order valence-corrected chi connectivity index (χ1v) is 10.2. The third-order valence-electron chi connectivity index (χ3n) is 5.04. The molecule has 3 rings (SSSR count). The van der Waals surface area contributed by atoms with E-state index < -0.39 is 6.10 Å². The zero-order valence-electron chi connectivity index (χ0n) is 16.1. The molecule has 0 radical (unpaired) electrons. The van der Waals surface area contributed by atoms with Crippen LogP contribution in [-0.4, -0.2) is 17.8 Å². The number of carbonyl (C=O) groups is 1. The predicted octanol–water partition coefficient (Wildman–Crippen LogP) is 5.89. The monoisotopic (exact) mass is 363 g/mol. The van der Waals surface area contributed by atoms with Gasteiger partial charge in [0.1, 0.15) is 6.04 Å². The van der Waals surface area contributed by atoms with Crippen LogP contribution in [0.15, 0.2) is 65.7 Å². The number of ether oxygens (including phenoxy) is 1. The average Bonchev–Trinajstić information content (AvgIpc) is 3.17. The van der Waals surface area contributed by atoms with Gasteiger partial charge in [-0.2, -0.15) is 0 Å². The number of hydrogen-bond acceptors (Lipinski definition) is 3. The van der Waals surface area contributed by atoms with Crippen LogP contribution in [-0.2, 0) is 9.53 Å². The Morgan fingerprint density at radius 1 is 0.889 bits per heavy atom. The molecule has 1 aliphatic rings. The Bertz CT molecular complexity index is 739. The normalized spacial score (nSPS) is 18.8. The summed E-state index contributed by atoms with van der Waals surface area (Å²) in [4.78, 5) is 17.7. The fraction of sp³-hybridized carbons (Fsp3) is 0.417. The molecule has 0 bridgehead atoms. The number of carbonyl (C=O) groups excluding carboxylic acids is 1. The van der Waals surface area contributed by atoms with Gasteiger partial charge in [0.25, 0.3) is 0 Å². The molecule has 3 nitrogen and oxygen atoms in total. The minimum absolute atomic E-state index is 0.161. The summed E-state index contributed by atoms with van der Waals surface area (Å²) in [5.74, 6) is 0.736. The van der Waals surface area contributed by atoms with Crippen molar-refractivity contribution in [2.75, 3.05) is 0 Å². The van der Waals surface area contributed by atoms with Crippen molar-refractivity contribution in [3.63, 3.8) is 0 Å². The topological polar surface area (TPSA) is 38.7 Å². The molecule has 0 N–H and O–H groups in total. The maximum absolute atomic E-state index is 12.9. The molecular weight excluding hydrogens is 334 g/mol. The lowest BCUT2D eigenvalue weighted by molar-refractivity contribution is -0.126. The highest BCUT2D eigenvalue weighted by atomic mass is 16.5. The summed E-state index contributed by atoms with van der Waals surface area (Å²) in [5.41, 5.74) is 1.96. The summed E-state index contributed by atoms with van der Waals surface area (Å²) >= 11 is 0. The minimum Gasteiger partial charge on any atom is -0.463 e. The van der Waals surface area contributed by atoms with Crippen LogP contribution in [0.25, 0.3) is 0 Å². The van der Waals surface area contributed by atoms with Crippen LogP contribution >= 0.6 is 0 Å². The molecule has 0 aromatic heterocycles. The van der Waals surface area contributed by atoms with E-state index in [9.17, 15) is 4.79 Å². The van der Waals surface area contributed by atoms with Gasteiger partial charge in [0, 0.05) is 12.0 Å². The Kier molecular flexibility index (Phi) is 7.20. The zero-order chi connectivity index (χ0) is 18.9. The Labute approximate surface area is 162 Å². The van der Waals surface area contributed by atoms with Crippen LogP contribution < -0.4 is 0 Å².